The van der Waals surface area contributed by atoms with Gasteiger partial charge in [0.2, 0.25) is 0 Å². The van der Waals surface area contributed by atoms with Gasteiger partial charge in [-0.2, -0.15) is 0 Å². The highest BCUT2D eigenvalue weighted by atomic mass is 16.5. The summed E-state index contributed by atoms with van der Waals surface area (Å²) in [5, 5.41) is 0. The largest absolute Gasteiger partial charge is 0.495 e. The summed E-state index contributed by atoms with van der Waals surface area (Å²) < 4.78 is 5.54. The number of rotatable bonds is 7. The van der Waals surface area contributed by atoms with E-state index >= 15 is 0 Å². The molecule has 3 nitrogen and oxygen atoms in total. The molecule has 0 radical (unpaired) electrons. The molecule has 1 aromatic rings. The standard InChI is InChI=1S/C20H32N2O/c1-5-6-7-8-18(3)16-21-11-13-22(14-12-21)19-15-17(2)9-10-20(19)23-4/h5-6,9-10,15,18H,7-8,11-14,16H2,1-4H3/b6-5+. The number of nitrogens with zero attached hydrogens (tertiary/aromatic N) is 2. The minimum atomic E-state index is 0.770. The Morgan fingerprint density at radius 1 is 1.22 bits per heavy atom. The topological polar surface area (TPSA) is 15.7 Å². The van der Waals surface area contributed by atoms with Crippen LogP contribution in [0.2, 0.25) is 0 Å². The van der Waals surface area contributed by atoms with Gasteiger partial charge in [-0.15, -0.1) is 0 Å². The molecule has 1 aliphatic rings. The normalized spacial score (nSPS) is 17.7. The van der Waals surface area contributed by atoms with Gasteiger partial charge in [0.25, 0.3) is 0 Å². The third kappa shape index (κ3) is 5.28. The molecule has 128 valence electrons. The maximum absolute atomic E-state index is 5.54. The van der Waals surface area contributed by atoms with Crippen molar-refractivity contribution in [3.8, 4) is 5.75 Å². The van der Waals surface area contributed by atoms with Gasteiger partial charge < -0.3 is 9.64 Å². The van der Waals surface area contributed by atoms with Crippen LogP contribution in [-0.2, 0) is 0 Å². The fourth-order valence-electron chi connectivity index (χ4n) is 3.30. The van der Waals surface area contributed by atoms with Crippen LogP contribution in [0.3, 0.4) is 0 Å². The van der Waals surface area contributed by atoms with E-state index in [9.17, 15) is 0 Å². The van der Waals surface area contributed by atoms with Crippen LogP contribution >= 0.6 is 0 Å². The van der Waals surface area contributed by atoms with E-state index in [0.717, 1.165) is 37.8 Å². The minimum absolute atomic E-state index is 0.770. The average Bonchev–Trinajstić information content (AvgIpc) is 2.56. The van der Waals surface area contributed by atoms with E-state index in [4.69, 9.17) is 4.74 Å². The molecule has 1 saturated heterocycles. The van der Waals surface area contributed by atoms with Gasteiger partial charge in [-0.1, -0.05) is 25.1 Å². The van der Waals surface area contributed by atoms with Crippen LogP contribution in [0.25, 0.3) is 0 Å². The van der Waals surface area contributed by atoms with Gasteiger partial charge >= 0.3 is 0 Å². The number of ether oxygens (including phenoxy) is 1. The summed E-state index contributed by atoms with van der Waals surface area (Å²) in [4.78, 5) is 5.08. The first-order valence-corrected chi connectivity index (χ1v) is 8.87. The summed E-state index contributed by atoms with van der Waals surface area (Å²) in [7, 11) is 1.76. The zero-order valence-corrected chi connectivity index (χ0v) is 15.2. The number of hydrogen-bond acceptors (Lipinski definition) is 3. The Labute approximate surface area is 141 Å². The van der Waals surface area contributed by atoms with Gasteiger partial charge in [-0.25, -0.2) is 0 Å². The van der Waals surface area contributed by atoms with Crippen molar-refractivity contribution in [1.82, 2.24) is 4.90 Å². The molecule has 0 bridgehead atoms. The molecule has 23 heavy (non-hydrogen) atoms. The van der Waals surface area contributed by atoms with Crippen LogP contribution in [0.5, 0.6) is 5.75 Å². The molecule has 0 saturated carbocycles. The molecule has 1 heterocycles. The highest BCUT2D eigenvalue weighted by Crippen LogP contribution is 2.30. The predicted octanol–water partition coefficient (Wildman–Crippen LogP) is 4.12. The number of hydrogen-bond donors (Lipinski definition) is 0. The average molecular weight is 316 g/mol. The van der Waals surface area contributed by atoms with Crippen molar-refractivity contribution >= 4 is 5.69 Å². The molecule has 2 rings (SSSR count). The van der Waals surface area contributed by atoms with Crippen LogP contribution in [0.1, 0.15) is 32.3 Å². The van der Waals surface area contributed by atoms with E-state index in [0.29, 0.717) is 0 Å². The molecule has 1 unspecified atom stereocenters. The summed E-state index contributed by atoms with van der Waals surface area (Å²) in [6, 6.07) is 6.44. The number of aryl methyl sites for hydroxylation is 1. The summed E-state index contributed by atoms with van der Waals surface area (Å²) in [6.45, 7) is 12.3. The Morgan fingerprint density at radius 2 is 1.96 bits per heavy atom. The molecule has 0 amide bonds. The van der Waals surface area contributed by atoms with Gasteiger partial charge in [0.15, 0.2) is 0 Å². The lowest BCUT2D eigenvalue weighted by molar-refractivity contribution is 0.220. The van der Waals surface area contributed by atoms with Crippen molar-refractivity contribution in [1.29, 1.82) is 0 Å². The number of allylic oxidation sites excluding steroid dienone is 2. The molecule has 0 aromatic heterocycles. The van der Waals surface area contributed by atoms with Gasteiger partial charge in [0.1, 0.15) is 5.75 Å². The summed E-state index contributed by atoms with van der Waals surface area (Å²) in [6.07, 6.45) is 6.92. The molecular formula is C20H32N2O. The zero-order chi connectivity index (χ0) is 16.7. The second-order valence-electron chi connectivity index (χ2n) is 6.71. The SMILES string of the molecule is C/C=C/CCC(C)CN1CCN(c2cc(C)ccc2OC)CC1. The van der Waals surface area contributed by atoms with E-state index in [-0.39, 0.29) is 0 Å². The number of piperazine rings is 1. The van der Waals surface area contributed by atoms with Gasteiger partial charge in [-0.05, 0) is 50.3 Å². The van der Waals surface area contributed by atoms with Crippen molar-refractivity contribution in [3.05, 3.63) is 35.9 Å². The molecule has 1 fully saturated rings. The lowest BCUT2D eigenvalue weighted by atomic mass is 10.0. The van der Waals surface area contributed by atoms with Crippen LogP contribution in [0.4, 0.5) is 5.69 Å². The van der Waals surface area contributed by atoms with E-state index in [1.807, 2.05) is 0 Å². The van der Waals surface area contributed by atoms with E-state index < -0.39 is 0 Å². The third-order valence-electron chi connectivity index (χ3n) is 4.68. The number of anilines is 1. The fraction of sp³-hybridized carbons (Fsp3) is 0.600. The first kappa shape index (κ1) is 17.9. The lowest BCUT2D eigenvalue weighted by Crippen LogP contribution is -2.47. The van der Waals surface area contributed by atoms with Crippen LogP contribution < -0.4 is 9.64 Å². The Hall–Kier alpha value is -1.48. The maximum Gasteiger partial charge on any atom is 0.142 e. The molecule has 0 N–H and O–H groups in total. The number of benzene rings is 1. The van der Waals surface area contributed by atoms with Crippen LogP contribution in [-0.4, -0.2) is 44.7 Å². The van der Waals surface area contributed by atoms with Gasteiger partial charge in [-0.3, -0.25) is 4.90 Å². The molecule has 0 spiro atoms. The lowest BCUT2D eigenvalue weighted by Gasteiger charge is -2.37. The summed E-state index contributed by atoms with van der Waals surface area (Å²) in [5.41, 5.74) is 2.54. The van der Waals surface area contributed by atoms with Crippen molar-refractivity contribution in [2.75, 3.05) is 44.7 Å². The zero-order valence-electron chi connectivity index (χ0n) is 15.2. The van der Waals surface area contributed by atoms with Crippen molar-refractivity contribution < 1.29 is 4.74 Å². The predicted molar refractivity (Wildman–Crippen MR) is 99.6 cm³/mol. The van der Waals surface area contributed by atoms with Crippen LogP contribution in [0, 0.1) is 12.8 Å². The summed E-state index contributed by atoms with van der Waals surface area (Å²) >= 11 is 0. The van der Waals surface area contributed by atoms with Gasteiger partial charge in [0.05, 0.1) is 12.8 Å². The van der Waals surface area contributed by atoms with E-state index in [1.54, 1.807) is 7.11 Å². The van der Waals surface area contributed by atoms with E-state index in [1.165, 1.54) is 30.6 Å². The molecule has 3 heteroatoms. The molecule has 1 aliphatic heterocycles. The smallest absolute Gasteiger partial charge is 0.142 e. The third-order valence-corrected chi connectivity index (χ3v) is 4.68. The minimum Gasteiger partial charge on any atom is -0.495 e. The molecule has 1 aromatic carbocycles. The highest BCUT2D eigenvalue weighted by molar-refractivity contribution is 5.60. The molecule has 0 aliphatic carbocycles. The Morgan fingerprint density at radius 3 is 2.61 bits per heavy atom. The fourth-order valence-corrected chi connectivity index (χ4v) is 3.30. The van der Waals surface area contributed by atoms with Crippen molar-refractivity contribution in [2.24, 2.45) is 5.92 Å². The maximum atomic E-state index is 5.54. The Balaban J connectivity index is 1.85. The Bertz CT molecular complexity index is 504. The highest BCUT2D eigenvalue weighted by Gasteiger charge is 2.20. The quantitative estimate of drug-likeness (QED) is 0.704. The van der Waals surface area contributed by atoms with E-state index in [2.05, 4.69) is 60.9 Å². The first-order chi connectivity index (χ1) is 11.1. The van der Waals surface area contributed by atoms with Crippen LogP contribution in [0.15, 0.2) is 30.4 Å². The van der Waals surface area contributed by atoms with Crippen molar-refractivity contribution in [3.63, 3.8) is 0 Å². The second kappa shape index (κ2) is 8.97. The van der Waals surface area contributed by atoms with Gasteiger partial charge in [0, 0.05) is 32.7 Å². The second-order valence-corrected chi connectivity index (χ2v) is 6.71. The summed E-state index contributed by atoms with van der Waals surface area (Å²) in [5.74, 6) is 1.76. The monoisotopic (exact) mass is 316 g/mol. The first-order valence-electron chi connectivity index (χ1n) is 8.87. The Kier molecular flexibility index (Phi) is 6.97. The van der Waals surface area contributed by atoms with Crippen molar-refractivity contribution in [2.45, 2.75) is 33.6 Å². The molecule has 1 atom stereocenters. The number of methoxy groups -OCH3 is 1. The molecular weight excluding hydrogens is 284 g/mol.